The first-order chi connectivity index (χ1) is 13.5. The van der Waals surface area contributed by atoms with Crippen LogP contribution >= 0.6 is 11.3 Å². The number of sulfonamides is 1. The van der Waals surface area contributed by atoms with Gasteiger partial charge < -0.3 is 15.5 Å². The van der Waals surface area contributed by atoms with Crippen molar-refractivity contribution in [3.8, 4) is 5.88 Å². The maximum atomic E-state index is 12.0. The van der Waals surface area contributed by atoms with Gasteiger partial charge in [-0.3, -0.25) is 4.99 Å². The summed E-state index contributed by atoms with van der Waals surface area (Å²) in [5.74, 6) is 5.00. The van der Waals surface area contributed by atoms with Gasteiger partial charge in [-0.25, -0.2) is 10.8 Å². The minimum absolute atomic E-state index is 0.00229. The summed E-state index contributed by atoms with van der Waals surface area (Å²) in [6, 6.07) is 9.61. The van der Waals surface area contributed by atoms with Crippen LogP contribution in [-0.4, -0.2) is 36.0 Å². The molecule has 9 nitrogen and oxygen atoms in total. The van der Waals surface area contributed by atoms with Crippen molar-refractivity contribution in [3.05, 3.63) is 47.5 Å². The number of rotatable bonds is 5. The fourth-order valence-corrected chi connectivity index (χ4v) is 4.40. The molecule has 0 atom stereocenters. The van der Waals surface area contributed by atoms with E-state index < -0.39 is 10.0 Å². The molecule has 5 N–H and O–H groups in total. The number of H-pyrrole nitrogens is 1. The number of hydrogen-bond donors (Lipinski definition) is 4. The first-order valence-electron chi connectivity index (χ1n) is 7.95. The molecule has 0 bridgehead atoms. The van der Waals surface area contributed by atoms with Gasteiger partial charge in [0.05, 0.1) is 37.4 Å². The summed E-state index contributed by atoms with van der Waals surface area (Å²) in [6.07, 6.45) is 2.43. The predicted octanol–water partition coefficient (Wildman–Crippen LogP) is 2.41. The number of hydrogen-bond acceptors (Lipinski definition) is 7. The van der Waals surface area contributed by atoms with E-state index in [1.807, 2.05) is 17.6 Å². The first kappa shape index (κ1) is 18.1. The molecule has 2 aromatic heterocycles. The van der Waals surface area contributed by atoms with Gasteiger partial charge in [-0.1, -0.05) is 0 Å². The van der Waals surface area contributed by atoms with Gasteiger partial charge in [0.25, 0.3) is 10.0 Å². The third-order valence-electron chi connectivity index (χ3n) is 4.02. The van der Waals surface area contributed by atoms with Crippen molar-refractivity contribution in [2.24, 2.45) is 15.2 Å². The number of aromatic nitrogens is 2. The van der Waals surface area contributed by atoms with E-state index in [-0.39, 0.29) is 10.8 Å². The molecule has 0 aliphatic rings. The topological polar surface area (TPSA) is 146 Å². The molecule has 0 spiro atoms. The fourth-order valence-electron chi connectivity index (χ4n) is 2.74. The van der Waals surface area contributed by atoms with Crippen molar-refractivity contribution in [3.63, 3.8) is 0 Å². The standard InChI is InChI=1S/C17H14N6O3S2/c18-21-8-22-28(25,26)11-3-1-10(2-4-11)19-7-12-15-13(23-17(12)24)5-6-14-16(15)27-9-20-14/h1-9,23-24H,18H2,(H,21,22). The Labute approximate surface area is 163 Å². The van der Waals surface area contributed by atoms with E-state index in [9.17, 15) is 13.5 Å². The minimum atomic E-state index is -3.83. The Bertz CT molecular complexity index is 1320. The molecule has 0 unspecified atom stereocenters. The third kappa shape index (κ3) is 3.22. The number of hydrazine groups is 1. The van der Waals surface area contributed by atoms with Gasteiger partial charge in [-0.15, -0.1) is 15.7 Å². The largest absolute Gasteiger partial charge is 0.494 e. The molecule has 0 aliphatic carbocycles. The molecule has 28 heavy (non-hydrogen) atoms. The first-order valence-corrected chi connectivity index (χ1v) is 10.3. The highest BCUT2D eigenvalue weighted by molar-refractivity contribution is 7.90. The number of aromatic hydroxyl groups is 1. The number of nitrogens with two attached hydrogens (primary N) is 1. The maximum Gasteiger partial charge on any atom is 0.283 e. The molecular formula is C17H14N6O3S2. The average Bonchev–Trinajstić information content (AvgIpc) is 3.28. The zero-order valence-corrected chi connectivity index (χ0v) is 15.8. The molecular weight excluding hydrogens is 400 g/mol. The molecule has 0 amide bonds. The van der Waals surface area contributed by atoms with Crippen LogP contribution in [0.4, 0.5) is 5.69 Å². The van der Waals surface area contributed by atoms with Crippen LogP contribution in [0, 0.1) is 0 Å². The predicted molar refractivity (Wildman–Crippen MR) is 110 cm³/mol. The monoisotopic (exact) mass is 414 g/mol. The molecule has 0 radical (unpaired) electrons. The highest BCUT2D eigenvalue weighted by Gasteiger charge is 2.14. The van der Waals surface area contributed by atoms with Crippen molar-refractivity contribution in [2.75, 3.05) is 0 Å². The Balaban J connectivity index is 1.69. The number of nitrogens with zero attached hydrogens (tertiary/aromatic N) is 3. The zero-order chi connectivity index (χ0) is 19.7. The van der Waals surface area contributed by atoms with Crippen LogP contribution in [0.1, 0.15) is 5.56 Å². The number of nitrogens with one attached hydrogen (secondary N) is 2. The Morgan fingerprint density at radius 1 is 1.21 bits per heavy atom. The second-order valence-corrected chi connectivity index (χ2v) is 8.19. The summed E-state index contributed by atoms with van der Waals surface area (Å²) < 4.78 is 28.2. The van der Waals surface area contributed by atoms with E-state index >= 15 is 0 Å². The Morgan fingerprint density at radius 2 is 2.00 bits per heavy atom. The number of aromatic amines is 1. The van der Waals surface area contributed by atoms with Gasteiger partial charge in [0.2, 0.25) is 0 Å². The van der Waals surface area contributed by atoms with Gasteiger partial charge in [-0.05, 0) is 36.4 Å². The normalized spacial score (nSPS) is 12.6. The second kappa shape index (κ2) is 7.03. The summed E-state index contributed by atoms with van der Waals surface area (Å²) in [6.45, 7) is 0. The van der Waals surface area contributed by atoms with Gasteiger partial charge in [-0.2, -0.15) is 8.42 Å². The van der Waals surface area contributed by atoms with Crippen molar-refractivity contribution in [2.45, 2.75) is 4.90 Å². The third-order valence-corrected chi connectivity index (χ3v) is 6.13. The van der Waals surface area contributed by atoms with Gasteiger partial charge in [0.15, 0.2) is 5.88 Å². The van der Waals surface area contributed by atoms with Crippen molar-refractivity contribution in [1.29, 1.82) is 0 Å². The number of thiazole rings is 1. The molecule has 142 valence electrons. The van der Waals surface area contributed by atoms with Crippen molar-refractivity contribution >= 4 is 60.7 Å². The van der Waals surface area contributed by atoms with Crippen molar-refractivity contribution < 1.29 is 13.5 Å². The van der Waals surface area contributed by atoms with Crippen LogP contribution in [0.25, 0.3) is 21.1 Å². The maximum absolute atomic E-state index is 12.0. The van der Waals surface area contributed by atoms with Crippen LogP contribution in [0.2, 0.25) is 0 Å². The lowest BCUT2D eigenvalue weighted by Crippen LogP contribution is -2.20. The van der Waals surface area contributed by atoms with E-state index in [4.69, 9.17) is 5.84 Å². The summed E-state index contributed by atoms with van der Waals surface area (Å²) in [5, 5.41) is 11.1. The smallest absolute Gasteiger partial charge is 0.283 e. The Morgan fingerprint density at radius 3 is 2.75 bits per heavy atom. The van der Waals surface area contributed by atoms with Crippen LogP contribution < -0.4 is 11.3 Å². The van der Waals surface area contributed by atoms with Gasteiger partial charge >= 0.3 is 0 Å². The van der Waals surface area contributed by atoms with E-state index in [1.54, 1.807) is 17.6 Å². The van der Waals surface area contributed by atoms with E-state index in [0.29, 0.717) is 11.3 Å². The molecule has 0 fully saturated rings. The molecule has 0 aliphatic heterocycles. The van der Waals surface area contributed by atoms with Gasteiger partial charge in [0.1, 0.15) is 6.34 Å². The summed E-state index contributed by atoms with van der Waals surface area (Å²) in [5.41, 5.74) is 6.48. The SMILES string of the molecule is NNC=NS(=O)(=O)c1ccc(N=Cc2c(O)[nH]c3ccc4ncsc4c23)cc1. The van der Waals surface area contributed by atoms with E-state index in [2.05, 4.69) is 19.4 Å². The van der Waals surface area contributed by atoms with Crippen LogP contribution in [0.15, 0.2) is 56.2 Å². The lowest BCUT2D eigenvalue weighted by atomic mass is 10.1. The molecule has 11 heteroatoms. The highest BCUT2D eigenvalue weighted by atomic mass is 32.2. The molecule has 0 saturated carbocycles. The Kier molecular flexibility index (Phi) is 4.55. The van der Waals surface area contributed by atoms with Crippen LogP contribution in [-0.2, 0) is 10.0 Å². The highest BCUT2D eigenvalue weighted by Crippen LogP contribution is 2.34. The summed E-state index contributed by atoms with van der Waals surface area (Å²) in [4.78, 5) is 11.6. The quantitative estimate of drug-likeness (QED) is 0.171. The van der Waals surface area contributed by atoms with Gasteiger partial charge in [0, 0.05) is 11.6 Å². The second-order valence-electron chi connectivity index (χ2n) is 5.70. The fraction of sp³-hybridized carbons (Fsp3) is 0. The lowest BCUT2D eigenvalue weighted by Gasteiger charge is -1.99. The average molecular weight is 414 g/mol. The van der Waals surface area contributed by atoms with Crippen molar-refractivity contribution in [1.82, 2.24) is 15.4 Å². The van der Waals surface area contributed by atoms with Crippen LogP contribution in [0.3, 0.4) is 0 Å². The Hall–Kier alpha value is -3.28. The molecule has 0 saturated heterocycles. The number of fused-ring (bicyclic) bond motifs is 3. The molecule has 4 rings (SSSR count). The minimum Gasteiger partial charge on any atom is -0.494 e. The zero-order valence-electron chi connectivity index (χ0n) is 14.2. The number of benzene rings is 2. The molecule has 4 aromatic rings. The van der Waals surface area contributed by atoms with E-state index in [1.165, 1.54) is 29.7 Å². The summed E-state index contributed by atoms with van der Waals surface area (Å²) in [7, 11) is -3.83. The molecule has 2 aromatic carbocycles. The lowest BCUT2D eigenvalue weighted by molar-refractivity contribution is 0.457. The van der Waals surface area contributed by atoms with Crippen LogP contribution in [0.5, 0.6) is 5.88 Å². The summed E-state index contributed by atoms with van der Waals surface area (Å²) >= 11 is 1.48. The van der Waals surface area contributed by atoms with E-state index in [0.717, 1.165) is 27.5 Å². The number of aliphatic imine (C=N–C) groups is 1. The molecule has 2 heterocycles.